The fourth-order valence-corrected chi connectivity index (χ4v) is 8.64. The van der Waals surface area contributed by atoms with Crippen molar-refractivity contribution in [1.82, 2.24) is 10.9 Å². The fourth-order valence-electron chi connectivity index (χ4n) is 5.71. The lowest BCUT2D eigenvalue weighted by Gasteiger charge is -2.25. The molecule has 4 N–H and O–H groups in total. The monoisotopic (exact) mass is 806 g/mol. The van der Waals surface area contributed by atoms with Crippen molar-refractivity contribution in [2.24, 2.45) is 9.98 Å². The zero-order valence-electron chi connectivity index (χ0n) is 27.9. The molecule has 0 aromatic heterocycles. The number of anilines is 2. The number of aliphatic imine (C=N–C) groups is 2. The van der Waals surface area contributed by atoms with Crippen LogP contribution in [0.25, 0.3) is 0 Å². The van der Waals surface area contributed by atoms with Gasteiger partial charge in [0.2, 0.25) is 0 Å². The quantitative estimate of drug-likeness (QED) is 0.260. The average Bonchev–Trinajstić information content (AvgIpc) is 3.90. The molecule has 4 heterocycles. The first-order chi connectivity index (χ1) is 23.9. The number of carboxylic acid groups (broad SMARTS) is 2. The van der Waals surface area contributed by atoms with Crippen molar-refractivity contribution in [1.29, 1.82) is 0 Å². The Bertz CT molecular complexity index is 1420. The lowest BCUT2D eigenvalue weighted by molar-refractivity contribution is -0.884. The summed E-state index contributed by atoms with van der Waals surface area (Å²) in [6, 6.07) is 11.3. The predicted octanol–water partition coefficient (Wildman–Crippen LogP) is 1.35. The first kappa shape index (κ1) is 40.5. The highest BCUT2D eigenvalue weighted by molar-refractivity contribution is 8.00. The molecule has 0 radical (unpaired) electrons. The number of aliphatic carboxylic acids is 2. The van der Waals surface area contributed by atoms with Crippen molar-refractivity contribution in [3.63, 3.8) is 0 Å². The van der Waals surface area contributed by atoms with Gasteiger partial charge in [-0.05, 0) is 50.2 Å². The van der Waals surface area contributed by atoms with Crippen molar-refractivity contribution in [2.45, 2.75) is 50.5 Å². The molecule has 2 atom stereocenters. The molecule has 50 heavy (non-hydrogen) atoms. The van der Waals surface area contributed by atoms with E-state index in [1.54, 1.807) is 9.80 Å². The molecule has 2 aromatic carbocycles. The van der Waals surface area contributed by atoms with Gasteiger partial charge >= 0.3 is 0 Å². The summed E-state index contributed by atoms with van der Waals surface area (Å²) in [7, 11) is 0. The largest absolute Gasteiger partial charge is 0.543 e. The lowest BCUT2D eigenvalue weighted by atomic mass is 10.3. The maximum Gasteiger partial charge on any atom is 0.189 e. The molecule has 2 fully saturated rings. The SMILES string of the molecule is CC1=NC(SCC[NH+]2CCCC2)N(c2ccc(Cl)c(Cl)c2)N1.CC1=NC(SCC[NH+]2CCCC2)N(c2ccc(Cl)c(Cl)c2)N1.O=C([O-])C(=O)[O-]. The molecule has 6 rings (SSSR count). The van der Waals surface area contributed by atoms with E-state index >= 15 is 0 Å². The van der Waals surface area contributed by atoms with Crippen molar-refractivity contribution >= 4 is 105 Å². The van der Waals surface area contributed by atoms with Crippen LogP contribution in [-0.4, -0.2) is 85.4 Å². The minimum atomic E-state index is -2.19. The van der Waals surface area contributed by atoms with Gasteiger partial charge in [0.25, 0.3) is 0 Å². The number of likely N-dealkylation sites (tertiary alicyclic amines) is 2. The highest BCUT2D eigenvalue weighted by Crippen LogP contribution is 2.32. The maximum atomic E-state index is 8.93. The number of carbonyl (C=O) groups is 2. The first-order valence-electron chi connectivity index (χ1n) is 16.3. The molecule has 0 amide bonds. The minimum Gasteiger partial charge on any atom is -0.543 e. The molecule has 2 aromatic rings. The highest BCUT2D eigenvalue weighted by Gasteiger charge is 2.28. The molecule has 274 valence electrons. The number of amidine groups is 2. The van der Waals surface area contributed by atoms with Gasteiger partial charge in [-0.2, -0.15) is 0 Å². The maximum absolute atomic E-state index is 8.93. The Kier molecular flexibility index (Phi) is 16.2. The molecule has 4 aliphatic rings. The number of halogens is 4. The number of hydrogen-bond donors (Lipinski definition) is 4. The van der Waals surface area contributed by atoms with E-state index in [1.165, 1.54) is 65.0 Å². The van der Waals surface area contributed by atoms with E-state index < -0.39 is 11.9 Å². The number of hydrogen-bond acceptors (Lipinski definition) is 12. The molecule has 18 heteroatoms. The molecule has 2 unspecified atom stereocenters. The zero-order chi connectivity index (χ0) is 36.2. The fraction of sp³-hybridized carbons (Fsp3) is 0.500. The number of hydrazine groups is 2. The molecular formula is C32H42Cl4N8O4S2. The van der Waals surface area contributed by atoms with Crippen LogP contribution in [0.1, 0.15) is 39.5 Å². The van der Waals surface area contributed by atoms with Gasteiger partial charge < -0.3 is 29.6 Å². The van der Waals surface area contributed by atoms with Crippen LogP contribution in [0.2, 0.25) is 20.1 Å². The summed E-state index contributed by atoms with van der Waals surface area (Å²) in [4.78, 5) is 30.6. The molecule has 0 saturated carbocycles. The van der Waals surface area contributed by atoms with E-state index in [2.05, 4.69) is 30.9 Å². The standard InChI is InChI=1S/2C15H20Cl2N4S.C2H2O4/c2*1-11-18-15(22-9-8-20-6-2-3-7-20)21(19-11)12-4-5-13(16)14(17)10-12;3-1(4)2(5)6/h2*4-5,10,15H,2-3,6-9H2,1H3,(H,18,19);(H,3,4)(H,5,6). The van der Waals surface area contributed by atoms with E-state index in [4.69, 9.17) is 66.2 Å². The molecule has 2 saturated heterocycles. The molecule has 12 nitrogen and oxygen atoms in total. The molecular weight excluding hydrogens is 766 g/mol. The van der Waals surface area contributed by atoms with Gasteiger partial charge in [-0.15, -0.1) is 23.5 Å². The minimum absolute atomic E-state index is 0.0549. The van der Waals surface area contributed by atoms with Gasteiger partial charge in [0.05, 0.1) is 82.7 Å². The molecule has 0 spiro atoms. The van der Waals surface area contributed by atoms with E-state index in [0.29, 0.717) is 20.1 Å². The summed E-state index contributed by atoms with van der Waals surface area (Å²) in [5.74, 6) is -0.300. The van der Waals surface area contributed by atoms with Crippen LogP contribution >= 0.6 is 69.9 Å². The Morgan fingerprint density at radius 2 is 1.06 bits per heavy atom. The van der Waals surface area contributed by atoms with Crippen LogP contribution in [-0.2, 0) is 9.59 Å². The highest BCUT2D eigenvalue weighted by atomic mass is 35.5. The number of carboxylic acids is 2. The van der Waals surface area contributed by atoms with Gasteiger partial charge in [-0.3, -0.25) is 20.9 Å². The number of rotatable bonds is 10. The predicted molar refractivity (Wildman–Crippen MR) is 202 cm³/mol. The smallest absolute Gasteiger partial charge is 0.189 e. The van der Waals surface area contributed by atoms with Crippen LogP contribution in [0.4, 0.5) is 11.4 Å². The Morgan fingerprint density at radius 3 is 1.38 bits per heavy atom. The van der Waals surface area contributed by atoms with Crippen molar-refractivity contribution in [2.75, 3.05) is 60.8 Å². The second kappa shape index (κ2) is 20.1. The van der Waals surface area contributed by atoms with Gasteiger partial charge in [0.1, 0.15) is 11.7 Å². The van der Waals surface area contributed by atoms with Gasteiger partial charge in [0, 0.05) is 37.2 Å². The van der Waals surface area contributed by atoms with Crippen molar-refractivity contribution in [3.05, 3.63) is 56.5 Å². The summed E-state index contributed by atoms with van der Waals surface area (Å²) < 4.78 is 0. The van der Waals surface area contributed by atoms with Crippen molar-refractivity contribution in [3.8, 4) is 0 Å². The van der Waals surface area contributed by atoms with E-state index in [-0.39, 0.29) is 11.0 Å². The van der Waals surface area contributed by atoms with Crippen LogP contribution < -0.4 is 40.9 Å². The van der Waals surface area contributed by atoms with Gasteiger partial charge in [0.15, 0.2) is 11.0 Å². The summed E-state index contributed by atoms with van der Waals surface area (Å²) in [6.45, 7) is 11.7. The third-order valence-corrected chi connectivity index (χ3v) is 11.8. The third-order valence-electron chi connectivity index (χ3n) is 8.21. The summed E-state index contributed by atoms with van der Waals surface area (Å²) in [5, 5.41) is 24.2. The number of quaternary nitrogens is 2. The second-order valence-corrected chi connectivity index (χ2v) is 15.9. The second-order valence-electron chi connectivity index (χ2n) is 12.0. The number of nitrogens with zero attached hydrogens (tertiary/aromatic N) is 4. The molecule has 0 aliphatic carbocycles. The Hall–Kier alpha value is -2.30. The first-order valence-corrected chi connectivity index (χ1v) is 20.0. The zero-order valence-corrected chi connectivity index (χ0v) is 32.5. The van der Waals surface area contributed by atoms with E-state index in [1.807, 2.05) is 73.8 Å². The average molecular weight is 809 g/mol. The summed E-state index contributed by atoms with van der Waals surface area (Å²) in [5.41, 5.74) is 8.68. The summed E-state index contributed by atoms with van der Waals surface area (Å²) in [6.07, 6.45) is 5.49. The van der Waals surface area contributed by atoms with E-state index in [9.17, 15) is 0 Å². The van der Waals surface area contributed by atoms with Gasteiger partial charge in [-0.1, -0.05) is 46.4 Å². The number of thioether (sulfide) groups is 2. The number of carbonyl (C=O) groups excluding carboxylic acids is 2. The summed E-state index contributed by atoms with van der Waals surface area (Å²) >= 11 is 28.0. The van der Waals surface area contributed by atoms with Crippen LogP contribution in [0.15, 0.2) is 46.4 Å². The Morgan fingerprint density at radius 1 is 0.700 bits per heavy atom. The molecule has 0 bridgehead atoms. The van der Waals surface area contributed by atoms with E-state index in [0.717, 1.165) is 34.6 Å². The molecule has 4 aliphatic heterocycles. The Labute approximate surface area is 321 Å². The topological polar surface area (TPSA) is 144 Å². The number of nitrogens with one attached hydrogen (secondary N) is 4. The Balaban J connectivity index is 0.000000194. The van der Waals surface area contributed by atoms with Crippen LogP contribution in [0.3, 0.4) is 0 Å². The third kappa shape index (κ3) is 12.4. The lowest BCUT2D eigenvalue weighted by Crippen LogP contribution is -3.10. The van der Waals surface area contributed by atoms with Gasteiger partial charge in [-0.25, -0.2) is 9.98 Å². The number of benzene rings is 2. The van der Waals surface area contributed by atoms with Crippen LogP contribution in [0.5, 0.6) is 0 Å². The van der Waals surface area contributed by atoms with Crippen LogP contribution in [0, 0.1) is 0 Å². The normalized spacial score (nSPS) is 20.3. The van der Waals surface area contributed by atoms with Crippen molar-refractivity contribution < 1.29 is 29.6 Å².